The molecule has 0 saturated heterocycles. The Balaban J connectivity index is 2.37. The van der Waals surface area contributed by atoms with Crippen LogP contribution in [0.2, 0.25) is 0 Å². The van der Waals surface area contributed by atoms with Gasteiger partial charge in [-0.2, -0.15) is 0 Å². The Morgan fingerprint density at radius 3 is 2.06 bits per heavy atom. The lowest BCUT2D eigenvalue weighted by molar-refractivity contribution is -0.259. The molecular weight excluding hydrogens is 452 g/mol. The molecule has 196 valence electrons. The van der Waals surface area contributed by atoms with Crippen LogP contribution in [0.3, 0.4) is 0 Å². The van der Waals surface area contributed by atoms with Crippen molar-refractivity contribution in [2.75, 3.05) is 0 Å². The topological polar surface area (TPSA) is 105 Å². The van der Waals surface area contributed by atoms with Gasteiger partial charge >= 0.3 is 23.9 Å². The van der Waals surface area contributed by atoms with Crippen molar-refractivity contribution in [1.29, 1.82) is 0 Å². The highest BCUT2D eigenvalue weighted by Crippen LogP contribution is 2.35. The van der Waals surface area contributed by atoms with E-state index in [9.17, 15) is 19.2 Å². The SMILES string of the molecule is C=CC(=O)OOC(=O)CCCCCCCC1C=CC(CCCCCC)C(C(=O)OOC(=O)C=C)C1. The van der Waals surface area contributed by atoms with Gasteiger partial charge in [-0.3, -0.25) is 0 Å². The lowest BCUT2D eigenvalue weighted by atomic mass is 9.75. The van der Waals surface area contributed by atoms with E-state index in [1.165, 1.54) is 6.42 Å². The van der Waals surface area contributed by atoms with E-state index in [2.05, 4.69) is 46.9 Å². The summed E-state index contributed by atoms with van der Waals surface area (Å²) in [5.74, 6) is -2.63. The van der Waals surface area contributed by atoms with Gasteiger partial charge in [0.15, 0.2) is 0 Å². The summed E-state index contributed by atoms with van der Waals surface area (Å²) in [4.78, 5) is 64.1. The first-order valence-electron chi connectivity index (χ1n) is 12.7. The second kappa shape index (κ2) is 18.4. The first kappa shape index (κ1) is 30.1. The van der Waals surface area contributed by atoms with Crippen molar-refractivity contribution in [3.63, 3.8) is 0 Å². The summed E-state index contributed by atoms with van der Waals surface area (Å²) in [5.41, 5.74) is 0. The van der Waals surface area contributed by atoms with Crippen LogP contribution < -0.4 is 0 Å². The summed E-state index contributed by atoms with van der Waals surface area (Å²) in [6, 6.07) is 0. The summed E-state index contributed by atoms with van der Waals surface area (Å²) in [7, 11) is 0. The summed E-state index contributed by atoms with van der Waals surface area (Å²) < 4.78 is 0. The van der Waals surface area contributed by atoms with Gasteiger partial charge in [0.2, 0.25) is 0 Å². The fourth-order valence-corrected chi connectivity index (χ4v) is 4.15. The standard InChI is InChI=1S/C27H40O8/c1-4-7-8-13-16-22-19-18-21(20-23(22)27(31)35-33-25(29)6-3)15-12-10-9-11-14-17-26(30)34-32-24(28)5-2/h5-6,18-19,21-23H,2-4,7-17,20H2,1H3. The quantitative estimate of drug-likeness (QED) is 0.0866. The maximum atomic E-state index is 12.6. The summed E-state index contributed by atoms with van der Waals surface area (Å²) in [6.45, 7) is 8.68. The van der Waals surface area contributed by atoms with E-state index in [0.29, 0.717) is 12.8 Å². The molecule has 0 aliphatic heterocycles. The van der Waals surface area contributed by atoms with E-state index in [1.807, 2.05) is 0 Å². The Labute approximate surface area is 208 Å². The minimum atomic E-state index is -0.800. The smallest absolute Gasteiger partial charge is 0.247 e. The van der Waals surface area contributed by atoms with Crippen molar-refractivity contribution in [2.45, 2.75) is 90.4 Å². The fourth-order valence-electron chi connectivity index (χ4n) is 4.15. The molecule has 3 atom stereocenters. The number of carbonyl (C=O) groups is 4. The van der Waals surface area contributed by atoms with Crippen LogP contribution in [0.15, 0.2) is 37.5 Å². The number of hydrogen-bond donors (Lipinski definition) is 0. The van der Waals surface area contributed by atoms with E-state index in [-0.39, 0.29) is 24.2 Å². The molecule has 8 heteroatoms. The largest absolute Gasteiger partial charge is 0.378 e. The molecule has 0 heterocycles. The summed E-state index contributed by atoms with van der Waals surface area (Å²) in [6.07, 6.45) is 18.0. The highest BCUT2D eigenvalue weighted by Gasteiger charge is 2.34. The maximum Gasteiger partial charge on any atom is 0.378 e. The molecule has 3 unspecified atom stereocenters. The predicted octanol–water partition coefficient (Wildman–Crippen LogP) is 5.87. The zero-order valence-electron chi connectivity index (χ0n) is 20.9. The monoisotopic (exact) mass is 492 g/mol. The van der Waals surface area contributed by atoms with Gasteiger partial charge in [-0.1, -0.05) is 83.6 Å². The molecule has 0 aromatic rings. The van der Waals surface area contributed by atoms with Gasteiger partial charge in [-0.25, -0.2) is 38.7 Å². The van der Waals surface area contributed by atoms with Gasteiger partial charge in [-0.15, -0.1) is 0 Å². The van der Waals surface area contributed by atoms with E-state index >= 15 is 0 Å². The van der Waals surface area contributed by atoms with Crippen LogP contribution in [0, 0.1) is 17.8 Å². The van der Waals surface area contributed by atoms with Crippen molar-refractivity contribution >= 4 is 23.9 Å². The Kier molecular flexibility index (Phi) is 15.9. The van der Waals surface area contributed by atoms with Crippen molar-refractivity contribution in [2.24, 2.45) is 17.8 Å². The molecule has 1 rings (SSSR count). The van der Waals surface area contributed by atoms with Crippen molar-refractivity contribution in [3.05, 3.63) is 37.5 Å². The van der Waals surface area contributed by atoms with Crippen LogP contribution in [0.25, 0.3) is 0 Å². The van der Waals surface area contributed by atoms with Crippen LogP contribution in [-0.4, -0.2) is 23.9 Å². The first-order chi connectivity index (χ1) is 16.9. The van der Waals surface area contributed by atoms with E-state index < -0.39 is 23.9 Å². The molecule has 0 N–H and O–H groups in total. The maximum absolute atomic E-state index is 12.6. The van der Waals surface area contributed by atoms with Crippen LogP contribution in [-0.2, 0) is 38.7 Å². The number of rotatable bonds is 16. The van der Waals surface area contributed by atoms with E-state index in [4.69, 9.17) is 4.89 Å². The molecule has 0 aromatic heterocycles. The van der Waals surface area contributed by atoms with Crippen molar-refractivity contribution in [3.8, 4) is 0 Å². The third kappa shape index (κ3) is 13.5. The summed E-state index contributed by atoms with van der Waals surface area (Å²) in [5, 5.41) is 0. The number of allylic oxidation sites excluding steroid dienone is 2. The fraction of sp³-hybridized carbons (Fsp3) is 0.630. The van der Waals surface area contributed by atoms with Gasteiger partial charge in [0.1, 0.15) is 0 Å². The van der Waals surface area contributed by atoms with Crippen LogP contribution in [0.5, 0.6) is 0 Å². The third-order valence-electron chi connectivity index (χ3n) is 6.11. The van der Waals surface area contributed by atoms with Gasteiger partial charge in [0, 0.05) is 12.2 Å². The van der Waals surface area contributed by atoms with Gasteiger partial charge in [0.05, 0.1) is 12.3 Å². The number of carbonyl (C=O) groups excluding carboxylic acids is 4. The Morgan fingerprint density at radius 2 is 1.37 bits per heavy atom. The normalized spacial score (nSPS) is 18.8. The highest BCUT2D eigenvalue weighted by atomic mass is 17.2. The Bertz CT molecular complexity index is 727. The molecule has 1 aliphatic carbocycles. The molecule has 0 bridgehead atoms. The molecule has 0 amide bonds. The lowest BCUT2D eigenvalue weighted by Crippen LogP contribution is -2.30. The zero-order valence-corrected chi connectivity index (χ0v) is 20.9. The minimum absolute atomic E-state index is 0.0866. The molecule has 35 heavy (non-hydrogen) atoms. The van der Waals surface area contributed by atoms with Crippen LogP contribution in [0.4, 0.5) is 0 Å². The average Bonchev–Trinajstić information content (AvgIpc) is 2.87. The molecule has 0 aromatic carbocycles. The highest BCUT2D eigenvalue weighted by molar-refractivity contribution is 5.82. The summed E-state index contributed by atoms with van der Waals surface area (Å²) >= 11 is 0. The zero-order chi connectivity index (χ0) is 25.9. The molecule has 0 radical (unpaired) electrons. The molecular formula is C27H40O8. The Morgan fingerprint density at radius 1 is 0.771 bits per heavy atom. The van der Waals surface area contributed by atoms with Gasteiger partial charge < -0.3 is 0 Å². The minimum Gasteiger partial charge on any atom is -0.247 e. The molecule has 8 nitrogen and oxygen atoms in total. The van der Waals surface area contributed by atoms with E-state index in [0.717, 1.165) is 69.9 Å². The molecule has 0 saturated carbocycles. The Hall–Kier alpha value is -2.90. The average molecular weight is 493 g/mol. The second-order valence-electron chi connectivity index (χ2n) is 8.88. The molecule has 0 spiro atoms. The number of hydrogen-bond acceptors (Lipinski definition) is 8. The van der Waals surface area contributed by atoms with Gasteiger partial charge in [0.25, 0.3) is 0 Å². The van der Waals surface area contributed by atoms with Crippen LogP contribution >= 0.6 is 0 Å². The van der Waals surface area contributed by atoms with Crippen LogP contribution in [0.1, 0.15) is 90.4 Å². The third-order valence-corrected chi connectivity index (χ3v) is 6.11. The number of unbranched alkanes of at least 4 members (excludes halogenated alkanes) is 7. The van der Waals surface area contributed by atoms with Crippen molar-refractivity contribution < 1.29 is 38.7 Å². The van der Waals surface area contributed by atoms with Crippen molar-refractivity contribution in [1.82, 2.24) is 0 Å². The van der Waals surface area contributed by atoms with E-state index in [1.54, 1.807) is 0 Å². The molecule has 1 aliphatic rings. The second-order valence-corrected chi connectivity index (χ2v) is 8.88. The lowest BCUT2D eigenvalue weighted by Gasteiger charge is -2.30. The predicted molar refractivity (Wildman–Crippen MR) is 130 cm³/mol. The molecule has 0 fully saturated rings. The van der Waals surface area contributed by atoms with Gasteiger partial charge in [-0.05, 0) is 37.5 Å². The first-order valence-corrected chi connectivity index (χ1v) is 12.7.